The zero-order valence-electron chi connectivity index (χ0n) is 11.3. The zero-order chi connectivity index (χ0) is 13.7. The Bertz CT molecular complexity index is 405. The summed E-state index contributed by atoms with van der Waals surface area (Å²) in [5, 5.41) is 4.98. The normalized spacial score (nSPS) is 21.3. The lowest BCUT2D eigenvalue weighted by molar-refractivity contribution is 0.0112. The maximum atomic E-state index is 6.20. The molecule has 1 fully saturated rings. The standard InChI is InChI=1S/C15H21Cl2NO/c1-11(14-10-12(16)5-6-15(14)17)18-8-7-13-4-2-3-9-19-13/h5-6,10-11,13,18H,2-4,7-9H2,1H3. The van der Waals surface area contributed by atoms with Crippen molar-refractivity contribution in [1.82, 2.24) is 5.32 Å². The van der Waals surface area contributed by atoms with E-state index < -0.39 is 0 Å². The molecule has 1 aromatic rings. The van der Waals surface area contributed by atoms with Crippen molar-refractivity contribution in [3.05, 3.63) is 33.8 Å². The quantitative estimate of drug-likeness (QED) is 0.858. The summed E-state index contributed by atoms with van der Waals surface area (Å²) in [7, 11) is 0. The Hall–Kier alpha value is -0.280. The maximum absolute atomic E-state index is 6.20. The topological polar surface area (TPSA) is 21.3 Å². The molecular formula is C15H21Cl2NO. The van der Waals surface area contributed by atoms with Gasteiger partial charge in [-0.2, -0.15) is 0 Å². The van der Waals surface area contributed by atoms with Crippen LogP contribution in [0.1, 0.15) is 44.2 Å². The molecule has 106 valence electrons. The van der Waals surface area contributed by atoms with Crippen LogP contribution in [0.15, 0.2) is 18.2 Å². The van der Waals surface area contributed by atoms with Gasteiger partial charge >= 0.3 is 0 Å². The minimum Gasteiger partial charge on any atom is -0.378 e. The Balaban J connectivity index is 1.80. The minimum absolute atomic E-state index is 0.204. The average molecular weight is 302 g/mol. The first-order valence-electron chi connectivity index (χ1n) is 6.97. The molecule has 2 nitrogen and oxygen atoms in total. The fourth-order valence-electron chi connectivity index (χ4n) is 2.45. The first-order valence-corrected chi connectivity index (χ1v) is 7.72. The summed E-state index contributed by atoms with van der Waals surface area (Å²) in [5.41, 5.74) is 1.05. The van der Waals surface area contributed by atoms with E-state index in [4.69, 9.17) is 27.9 Å². The van der Waals surface area contributed by atoms with Crippen molar-refractivity contribution in [2.75, 3.05) is 13.2 Å². The number of rotatable bonds is 5. The number of halogens is 2. The third-order valence-corrected chi connectivity index (χ3v) is 4.19. The van der Waals surface area contributed by atoms with E-state index in [1.165, 1.54) is 19.3 Å². The first-order chi connectivity index (χ1) is 9.16. The van der Waals surface area contributed by atoms with E-state index in [-0.39, 0.29) is 6.04 Å². The van der Waals surface area contributed by atoms with Gasteiger partial charge in [-0.1, -0.05) is 23.2 Å². The van der Waals surface area contributed by atoms with Crippen LogP contribution in [0.5, 0.6) is 0 Å². The van der Waals surface area contributed by atoms with Gasteiger partial charge in [0.1, 0.15) is 0 Å². The molecule has 19 heavy (non-hydrogen) atoms. The largest absolute Gasteiger partial charge is 0.378 e. The molecule has 2 unspecified atom stereocenters. The Morgan fingerprint density at radius 2 is 2.21 bits per heavy atom. The highest BCUT2D eigenvalue weighted by atomic mass is 35.5. The van der Waals surface area contributed by atoms with E-state index in [0.29, 0.717) is 6.10 Å². The van der Waals surface area contributed by atoms with E-state index in [1.54, 1.807) is 0 Å². The second-order valence-electron chi connectivity index (χ2n) is 5.12. The summed E-state index contributed by atoms with van der Waals surface area (Å²) in [5.74, 6) is 0. The summed E-state index contributed by atoms with van der Waals surface area (Å²) in [6.45, 7) is 3.97. The number of benzene rings is 1. The van der Waals surface area contributed by atoms with Gasteiger partial charge in [-0.15, -0.1) is 0 Å². The molecule has 1 N–H and O–H groups in total. The van der Waals surface area contributed by atoms with Crippen molar-refractivity contribution in [1.29, 1.82) is 0 Å². The van der Waals surface area contributed by atoms with Crippen LogP contribution in [0.2, 0.25) is 10.0 Å². The molecule has 1 aromatic carbocycles. The van der Waals surface area contributed by atoms with E-state index in [0.717, 1.165) is 35.2 Å². The SMILES string of the molecule is CC(NCCC1CCCCO1)c1cc(Cl)ccc1Cl. The summed E-state index contributed by atoms with van der Waals surface area (Å²) < 4.78 is 5.72. The van der Waals surface area contributed by atoms with Crippen molar-refractivity contribution in [2.24, 2.45) is 0 Å². The van der Waals surface area contributed by atoms with Crippen molar-refractivity contribution in [2.45, 2.75) is 44.8 Å². The zero-order valence-corrected chi connectivity index (χ0v) is 12.8. The molecule has 4 heteroatoms. The fraction of sp³-hybridized carbons (Fsp3) is 0.600. The van der Waals surface area contributed by atoms with Crippen molar-refractivity contribution in [3.8, 4) is 0 Å². The molecule has 0 aliphatic carbocycles. The molecule has 0 aromatic heterocycles. The molecule has 0 radical (unpaired) electrons. The summed E-state index contributed by atoms with van der Waals surface area (Å²) in [6.07, 6.45) is 5.17. The van der Waals surface area contributed by atoms with Gasteiger partial charge in [0.25, 0.3) is 0 Å². The lowest BCUT2D eigenvalue weighted by Crippen LogP contribution is -2.27. The van der Waals surface area contributed by atoms with Crippen LogP contribution in [0.3, 0.4) is 0 Å². The van der Waals surface area contributed by atoms with Gasteiger partial charge in [0.15, 0.2) is 0 Å². The van der Waals surface area contributed by atoms with E-state index in [9.17, 15) is 0 Å². The molecule has 2 atom stereocenters. The van der Waals surface area contributed by atoms with Crippen LogP contribution in [-0.4, -0.2) is 19.3 Å². The lowest BCUT2D eigenvalue weighted by Gasteiger charge is -2.23. The first kappa shape index (κ1) is 15.1. The Labute approximate surface area is 125 Å². The van der Waals surface area contributed by atoms with Gasteiger partial charge in [-0.05, 0) is 62.9 Å². The van der Waals surface area contributed by atoms with Gasteiger partial charge in [-0.25, -0.2) is 0 Å². The Kier molecular flexibility index (Phi) is 5.96. The van der Waals surface area contributed by atoms with E-state index >= 15 is 0 Å². The highest BCUT2D eigenvalue weighted by Crippen LogP contribution is 2.26. The maximum Gasteiger partial charge on any atom is 0.0587 e. The number of nitrogens with one attached hydrogen (secondary N) is 1. The number of ether oxygens (including phenoxy) is 1. The minimum atomic E-state index is 0.204. The second-order valence-corrected chi connectivity index (χ2v) is 5.96. The Morgan fingerprint density at radius 1 is 1.37 bits per heavy atom. The average Bonchev–Trinajstić information content (AvgIpc) is 2.42. The summed E-state index contributed by atoms with van der Waals surface area (Å²) in [6, 6.07) is 5.80. The molecule has 0 spiro atoms. The van der Waals surface area contributed by atoms with Gasteiger partial charge < -0.3 is 10.1 Å². The predicted molar refractivity (Wildman–Crippen MR) is 81.1 cm³/mol. The highest BCUT2D eigenvalue weighted by molar-refractivity contribution is 6.33. The highest BCUT2D eigenvalue weighted by Gasteiger charge is 2.15. The fourth-order valence-corrected chi connectivity index (χ4v) is 2.91. The summed E-state index contributed by atoms with van der Waals surface area (Å²) in [4.78, 5) is 0. The van der Waals surface area contributed by atoms with E-state index in [2.05, 4.69) is 12.2 Å². The van der Waals surface area contributed by atoms with Crippen LogP contribution in [-0.2, 0) is 4.74 Å². The Morgan fingerprint density at radius 3 is 2.95 bits per heavy atom. The van der Waals surface area contributed by atoms with Crippen LogP contribution in [0, 0.1) is 0 Å². The predicted octanol–water partition coefficient (Wildman–Crippen LogP) is 4.60. The van der Waals surface area contributed by atoms with Crippen molar-refractivity contribution < 1.29 is 4.74 Å². The van der Waals surface area contributed by atoms with Crippen molar-refractivity contribution >= 4 is 23.2 Å². The van der Waals surface area contributed by atoms with Crippen LogP contribution in [0.4, 0.5) is 0 Å². The van der Waals surface area contributed by atoms with Crippen LogP contribution < -0.4 is 5.32 Å². The molecule has 0 bridgehead atoms. The van der Waals surface area contributed by atoms with Gasteiger partial charge in [0.2, 0.25) is 0 Å². The molecule has 1 saturated heterocycles. The van der Waals surface area contributed by atoms with Crippen LogP contribution >= 0.6 is 23.2 Å². The number of hydrogen-bond donors (Lipinski definition) is 1. The van der Waals surface area contributed by atoms with E-state index in [1.807, 2.05) is 18.2 Å². The third-order valence-electron chi connectivity index (χ3n) is 3.62. The number of hydrogen-bond acceptors (Lipinski definition) is 2. The van der Waals surface area contributed by atoms with Gasteiger partial charge in [0.05, 0.1) is 6.10 Å². The van der Waals surface area contributed by atoms with Crippen LogP contribution in [0.25, 0.3) is 0 Å². The summed E-state index contributed by atoms with van der Waals surface area (Å²) >= 11 is 12.2. The monoisotopic (exact) mass is 301 g/mol. The van der Waals surface area contributed by atoms with Gasteiger partial charge in [-0.3, -0.25) is 0 Å². The molecule has 0 amide bonds. The third kappa shape index (κ3) is 4.64. The molecular weight excluding hydrogens is 281 g/mol. The molecule has 2 rings (SSSR count). The van der Waals surface area contributed by atoms with Gasteiger partial charge in [0, 0.05) is 22.7 Å². The molecule has 1 aliphatic heterocycles. The smallest absolute Gasteiger partial charge is 0.0587 e. The molecule has 0 saturated carbocycles. The molecule has 1 heterocycles. The van der Waals surface area contributed by atoms with Crippen molar-refractivity contribution in [3.63, 3.8) is 0 Å². The molecule has 1 aliphatic rings. The lowest BCUT2D eigenvalue weighted by atomic mass is 10.1. The second kappa shape index (κ2) is 7.49.